The van der Waals surface area contributed by atoms with Crippen LogP contribution in [0.2, 0.25) is 0 Å². The molecule has 0 fully saturated rings. The third-order valence-electron chi connectivity index (χ3n) is 1.58. The number of aryl methyl sites for hydroxylation is 1. The molecule has 0 heterocycles. The largest absolute Gasteiger partial charge is 0.330 e. The van der Waals surface area contributed by atoms with Crippen molar-refractivity contribution in [2.75, 3.05) is 6.54 Å². The van der Waals surface area contributed by atoms with Gasteiger partial charge in [-0.15, -0.1) is 0 Å². The highest BCUT2D eigenvalue weighted by atomic mass is 127. The molecule has 0 aliphatic carbocycles. The van der Waals surface area contributed by atoms with E-state index >= 15 is 0 Å². The minimum absolute atomic E-state index is 0.784. The van der Waals surface area contributed by atoms with Crippen LogP contribution in [0, 0.1) is 3.57 Å². The Balaban J connectivity index is 2.52. The zero-order chi connectivity index (χ0) is 8.10. The molecule has 2 heteroatoms. The molecule has 0 amide bonds. The molecule has 0 saturated carbocycles. The van der Waals surface area contributed by atoms with E-state index in [0.717, 1.165) is 19.4 Å². The fourth-order valence-electron chi connectivity index (χ4n) is 0.957. The number of hydrogen-bond acceptors (Lipinski definition) is 1. The summed E-state index contributed by atoms with van der Waals surface area (Å²) in [5.41, 5.74) is 6.79. The first-order chi connectivity index (χ1) is 5.33. The molecule has 0 spiro atoms. The predicted octanol–water partition coefficient (Wildman–Crippen LogP) is 2.18. The molecule has 1 aromatic carbocycles. The molecule has 0 radical (unpaired) electrons. The van der Waals surface area contributed by atoms with Crippen LogP contribution in [0.3, 0.4) is 0 Å². The molecule has 0 saturated heterocycles. The highest BCUT2D eigenvalue weighted by Gasteiger charge is 1.90. The number of nitrogens with two attached hydrogens (primary N) is 1. The fourth-order valence-corrected chi connectivity index (χ4v) is 1.32. The highest BCUT2D eigenvalue weighted by Crippen LogP contribution is 2.07. The van der Waals surface area contributed by atoms with Gasteiger partial charge in [-0.05, 0) is 59.7 Å². The fraction of sp³-hybridized carbons (Fsp3) is 0.333. The lowest BCUT2D eigenvalue weighted by Gasteiger charge is -1.98. The van der Waals surface area contributed by atoms with Crippen molar-refractivity contribution < 1.29 is 0 Å². The average Bonchev–Trinajstić information content (AvgIpc) is 2.04. The quantitative estimate of drug-likeness (QED) is 0.829. The molecule has 2 N–H and O–H groups in total. The van der Waals surface area contributed by atoms with E-state index in [1.54, 1.807) is 0 Å². The molecule has 0 aliphatic heterocycles. The first kappa shape index (κ1) is 9.00. The van der Waals surface area contributed by atoms with E-state index in [1.165, 1.54) is 9.13 Å². The summed E-state index contributed by atoms with van der Waals surface area (Å²) >= 11 is 2.31. The van der Waals surface area contributed by atoms with Gasteiger partial charge in [0, 0.05) is 3.57 Å². The minimum Gasteiger partial charge on any atom is -0.330 e. The molecule has 0 bridgehead atoms. The summed E-state index contributed by atoms with van der Waals surface area (Å²) in [5, 5.41) is 0. The van der Waals surface area contributed by atoms with Crippen LogP contribution in [0.4, 0.5) is 0 Å². The second-order valence-electron chi connectivity index (χ2n) is 2.52. The van der Waals surface area contributed by atoms with Crippen molar-refractivity contribution in [1.82, 2.24) is 0 Å². The Bertz CT molecular complexity index is 205. The van der Waals surface area contributed by atoms with Gasteiger partial charge in [-0.1, -0.05) is 12.1 Å². The van der Waals surface area contributed by atoms with Gasteiger partial charge in [0.05, 0.1) is 0 Å². The number of hydrogen-bond donors (Lipinski definition) is 1. The van der Waals surface area contributed by atoms with Crippen LogP contribution in [-0.4, -0.2) is 6.54 Å². The molecule has 0 aliphatic rings. The van der Waals surface area contributed by atoms with Crippen molar-refractivity contribution in [3.05, 3.63) is 33.4 Å². The number of rotatable bonds is 3. The van der Waals surface area contributed by atoms with Crippen molar-refractivity contribution >= 4 is 22.6 Å². The summed E-state index contributed by atoms with van der Waals surface area (Å²) in [5.74, 6) is 0. The van der Waals surface area contributed by atoms with Gasteiger partial charge in [0.2, 0.25) is 0 Å². The van der Waals surface area contributed by atoms with Crippen LogP contribution in [0.25, 0.3) is 0 Å². The van der Waals surface area contributed by atoms with E-state index in [1.807, 2.05) is 0 Å². The van der Waals surface area contributed by atoms with Gasteiger partial charge in [0.15, 0.2) is 0 Å². The van der Waals surface area contributed by atoms with E-state index in [0.29, 0.717) is 0 Å². The highest BCUT2D eigenvalue weighted by molar-refractivity contribution is 14.1. The maximum Gasteiger partial charge on any atom is 0.0130 e. The topological polar surface area (TPSA) is 26.0 Å². The first-order valence-corrected chi connectivity index (χ1v) is 4.85. The summed E-state index contributed by atoms with van der Waals surface area (Å²) < 4.78 is 1.29. The second-order valence-corrected chi connectivity index (χ2v) is 3.76. The minimum atomic E-state index is 0.784. The van der Waals surface area contributed by atoms with E-state index < -0.39 is 0 Å². The van der Waals surface area contributed by atoms with Crippen LogP contribution < -0.4 is 5.73 Å². The zero-order valence-electron chi connectivity index (χ0n) is 6.39. The third-order valence-corrected chi connectivity index (χ3v) is 2.30. The standard InChI is InChI=1S/C9H12IN/c10-9-5-3-8(4-6-9)2-1-7-11/h3-6H,1-2,7,11H2. The maximum atomic E-state index is 5.40. The smallest absolute Gasteiger partial charge is 0.0130 e. The van der Waals surface area contributed by atoms with Gasteiger partial charge in [0.25, 0.3) is 0 Å². The van der Waals surface area contributed by atoms with Gasteiger partial charge in [-0.3, -0.25) is 0 Å². The van der Waals surface area contributed by atoms with Crippen molar-refractivity contribution in [1.29, 1.82) is 0 Å². The summed E-state index contributed by atoms with van der Waals surface area (Å²) in [6.07, 6.45) is 2.19. The van der Waals surface area contributed by atoms with E-state index in [4.69, 9.17) is 5.73 Å². The second kappa shape index (κ2) is 4.72. The van der Waals surface area contributed by atoms with Gasteiger partial charge >= 0.3 is 0 Å². The Kier molecular flexibility index (Phi) is 3.86. The van der Waals surface area contributed by atoms with Gasteiger partial charge in [0.1, 0.15) is 0 Å². The Hall–Kier alpha value is -0.0900. The van der Waals surface area contributed by atoms with Crippen LogP contribution in [0.5, 0.6) is 0 Å². The molecule has 0 aromatic heterocycles. The monoisotopic (exact) mass is 261 g/mol. The van der Waals surface area contributed by atoms with Crippen LogP contribution in [0.15, 0.2) is 24.3 Å². The van der Waals surface area contributed by atoms with E-state index in [2.05, 4.69) is 46.9 Å². The SMILES string of the molecule is NCCCc1ccc(I)cc1. The maximum absolute atomic E-state index is 5.40. The van der Waals surface area contributed by atoms with Crippen LogP contribution in [-0.2, 0) is 6.42 Å². The Morgan fingerprint density at radius 1 is 1.18 bits per heavy atom. The number of benzene rings is 1. The molecule has 0 unspecified atom stereocenters. The molecule has 60 valence electrons. The molecular weight excluding hydrogens is 249 g/mol. The molecule has 1 rings (SSSR count). The zero-order valence-corrected chi connectivity index (χ0v) is 8.54. The van der Waals surface area contributed by atoms with E-state index in [9.17, 15) is 0 Å². The predicted molar refractivity (Wildman–Crippen MR) is 56.5 cm³/mol. The van der Waals surface area contributed by atoms with Gasteiger partial charge in [-0.25, -0.2) is 0 Å². The normalized spacial score (nSPS) is 10.0. The molecule has 1 aromatic rings. The van der Waals surface area contributed by atoms with Crippen molar-refractivity contribution in [3.8, 4) is 0 Å². The van der Waals surface area contributed by atoms with Crippen molar-refractivity contribution in [2.24, 2.45) is 5.73 Å². The van der Waals surface area contributed by atoms with Crippen LogP contribution >= 0.6 is 22.6 Å². The summed E-state index contributed by atoms with van der Waals surface area (Å²) in [4.78, 5) is 0. The summed E-state index contributed by atoms with van der Waals surface area (Å²) in [7, 11) is 0. The summed E-state index contributed by atoms with van der Waals surface area (Å²) in [6, 6.07) is 8.59. The molecular formula is C9H12IN. The Labute approximate surface area is 81.1 Å². The lowest BCUT2D eigenvalue weighted by Crippen LogP contribution is -2.00. The molecule has 0 atom stereocenters. The number of halogens is 1. The van der Waals surface area contributed by atoms with Gasteiger partial charge in [-0.2, -0.15) is 0 Å². The lowest BCUT2D eigenvalue weighted by atomic mass is 10.1. The summed E-state index contributed by atoms with van der Waals surface area (Å²) in [6.45, 7) is 0.784. The van der Waals surface area contributed by atoms with E-state index in [-0.39, 0.29) is 0 Å². The Morgan fingerprint density at radius 3 is 2.36 bits per heavy atom. The molecule has 11 heavy (non-hydrogen) atoms. The Morgan fingerprint density at radius 2 is 1.82 bits per heavy atom. The van der Waals surface area contributed by atoms with Crippen LogP contribution in [0.1, 0.15) is 12.0 Å². The van der Waals surface area contributed by atoms with Gasteiger partial charge < -0.3 is 5.73 Å². The third kappa shape index (κ3) is 3.20. The lowest BCUT2D eigenvalue weighted by molar-refractivity contribution is 0.832. The average molecular weight is 261 g/mol. The van der Waals surface area contributed by atoms with Crippen molar-refractivity contribution in [2.45, 2.75) is 12.8 Å². The van der Waals surface area contributed by atoms with Crippen molar-refractivity contribution in [3.63, 3.8) is 0 Å². The first-order valence-electron chi connectivity index (χ1n) is 3.77. The molecule has 1 nitrogen and oxygen atoms in total.